The van der Waals surface area contributed by atoms with Gasteiger partial charge in [-0.2, -0.15) is 0 Å². The molecule has 2 aromatic heterocycles. The monoisotopic (exact) mass is 282 g/mol. The fourth-order valence-corrected chi connectivity index (χ4v) is 2.18. The zero-order chi connectivity index (χ0) is 19.2. The normalized spacial score (nSPS) is 16.2. The highest BCUT2D eigenvalue weighted by Crippen LogP contribution is 2.10. The van der Waals surface area contributed by atoms with Crippen molar-refractivity contribution < 1.29 is 11.6 Å². The molecular formula is C14H19N3O3. The summed E-state index contributed by atoms with van der Waals surface area (Å²) in [7, 11) is 1.51. The van der Waals surface area contributed by atoms with E-state index in [-0.39, 0.29) is 13.0 Å². The van der Waals surface area contributed by atoms with Gasteiger partial charge in [-0.3, -0.25) is 13.9 Å². The molecule has 2 aromatic rings. The summed E-state index contributed by atoms with van der Waals surface area (Å²) < 4.78 is 38.6. The maximum absolute atomic E-state index is 12.5. The number of aromatic amines is 1. The number of aryl methyl sites for hydroxylation is 2. The highest BCUT2D eigenvalue weighted by atomic mass is 16.2. The highest BCUT2D eigenvalue weighted by molar-refractivity contribution is 5.78. The molecule has 6 nitrogen and oxygen atoms in total. The number of carbonyl (C=O) groups excluding carboxylic acids is 1. The van der Waals surface area contributed by atoms with Crippen molar-refractivity contribution in [3.8, 4) is 0 Å². The number of hydrogen-bond acceptors (Lipinski definition) is 3. The van der Waals surface area contributed by atoms with Gasteiger partial charge in [-0.15, -0.1) is 0 Å². The number of nitrogens with one attached hydrogen (secondary N) is 1. The smallest absolute Gasteiger partial charge is 0.332 e. The van der Waals surface area contributed by atoms with Gasteiger partial charge in [-0.25, -0.2) is 4.79 Å². The number of rotatable bonds is 5. The Kier molecular flexibility index (Phi) is 2.45. The van der Waals surface area contributed by atoms with Crippen LogP contribution >= 0.6 is 0 Å². The van der Waals surface area contributed by atoms with E-state index in [4.69, 9.17) is 6.85 Å². The SMILES string of the molecule is [2H]C([2H])([2H])C(=O)C([2H])([2H])CCCn1c(=O)c2c(C)c[nH]c2n(C)c1=O. The van der Waals surface area contributed by atoms with E-state index in [9.17, 15) is 14.4 Å². The van der Waals surface area contributed by atoms with Crippen LogP contribution < -0.4 is 11.2 Å². The third kappa shape index (κ3) is 2.45. The fourth-order valence-electron chi connectivity index (χ4n) is 2.18. The van der Waals surface area contributed by atoms with E-state index in [1.165, 1.54) is 11.6 Å². The van der Waals surface area contributed by atoms with Crippen LogP contribution in [0.3, 0.4) is 0 Å². The lowest BCUT2D eigenvalue weighted by Gasteiger charge is -2.08. The number of fused-ring (bicyclic) bond motifs is 1. The summed E-state index contributed by atoms with van der Waals surface area (Å²) in [4.78, 5) is 39.3. The van der Waals surface area contributed by atoms with Crippen LogP contribution in [0.4, 0.5) is 0 Å². The summed E-state index contributed by atoms with van der Waals surface area (Å²) in [5.74, 6) is -1.47. The lowest BCUT2D eigenvalue weighted by atomic mass is 10.2. The minimum atomic E-state index is -3.03. The Balaban J connectivity index is 2.28. The first-order valence-corrected chi connectivity index (χ1v) is 6.20. The zero-order valence-electron chi connectivity index (χ0n) is 16.3. The van der Waals surface area contributed by atoms with E-state index in [1.807, 2.05) is 0 Å². The average molecular weight is 282 g/mol. The molecule has 0 atom stereocenters. The number of aromatic nitrogens is 3. The third-order valence-corrected chi connectivity index (χ3v) is 3.21. The van der Waals surface area contributed by atoms with Gasteiger partial charge in [0.15, 0.2) is 0 Å². The molecule has 0 saturated heterocycles. The van der Waals surface area contributed by atoms with Gasteiger partial charge >= 0.3 is 5.69 Å². The minimum Gasteiger partial charge on any atom is -0.347 e. The van der Waals surface area contributed by atoms with Crippen molar-refractivity contribution in [2.45, 2.75) is 39.5 Å². The quantitative estimate of drug-likeness (QED) is 0.892. The lowest BCUT2D eigenvalue weighted by Crippen LogP contribution is -2.39. The molecule has 2 rings (SSSR count). The first-order chi connectivity index (χ1) is 11.4. The molecule has 0 aliphatic carbocycles. The van der Waals surface area contributed by atoms with Crippen molar-refractivity contribution in [1.82, 2.24) is 14.1 Å². The molecule has 2 heterocycles. The highest BCUT2D eigenvalue weighted by Gasteiger charge is 2.13. The second-order valence-electron chi connectivity index (χ2n) is 4.60. The van der Waals surface area contributed by atoms with Gasteiger partial charge in [-0.1, -0.05) is 0 Å². The summed E-state index contributed by atoms with van der Waals surface area (Å²) in [6, 6.07) is 0. The van der Waals surface area contributed by atoms with Gasteiger partial charge in [0.1, 0.15) is 11.4 Å². The molecular weight excluding hydrogens is 258 g/mol. The summed E-state index contributed by atoms with van der Waals surface area (Å²) >= 11 is 0. The Morgan fingerprint density at radius 1 is 1.45 bits per heavy atom. The van der Waals surface area contributed by atoms with E-state index < -0.39 is 36.7 Å². The van der Waals surface area contributed by atoms with Crippen LogP contribution in [0.15, 0.2) is 15.8 Å². The van der Waals surface area contributed by atoms with Crippen molar-refractivity contribution in [3.63, 3.8) is 0 Å². The predicted octanol–water partition coefficient (Wildman–Crippen LogP) is 1.10. The Bertz CT molecular complexity index is 936. The molecule has 0 radical (unpaired) electrons. The van der Waals surface area contributed by atoms with E-state index in [0.29, 0.717) is 16.6 Å². The standard InChI is InChI=1S/C14H19N3O3/c1-9-8-15-12-11(9)13(19)17(14(20)16(12)3)7-5-4-6-10(2)18/h8,15H,4-7H2,1-3H3/i2D3,6D2. The molecule has 0 aliphatic heterocycles. The molecule has 1 N–H and O–H groups in total. The van der Waals surface area contributed by atoms with E-state index >= 15 is 0 Å². The van der Waals surface area contributed by atoms with Gasteiger partial charge in [0, 0.05) is 33.0 Å². The Hall–Kier alpha value is -2.11. The van der Waals surface area contributed by atoms with Gasteiger partial charge in [0.2, 0.25) is 0 Å². The number of ketones is 1. The molecule has 0 bridgehead atoms. The molecule has 0 fully saturated rings. The van der Waals surface area contributed by atoms with Gasteiger partial charge < -0.3 is 9.78 Å². The molecule has 0 spiro atoms. The van der Waals surface area contributed by atoms with Crippen molar-refractivity contribution >= 4 is 16.8 Å². The first-order valence-electron chi connectivity index (χ1n) is 8.70. The maximum atomic E-state index is 12.5. The van der Waals surface area contributed by atoms with Crippen molar-refractivity contribution in [2.75, 3.05) is 0 Å². The van der Waals surface area contributed by atoms with Gasteiger partial charge in [0.05, 0.1) is 5.39 Å². The molecule has 0 aromatic carbocycles. The van der Waals surface area contributed by atoms with E-state index in [0.717, 1.165) is 4.57 Å². The van der Waals surface area contributed by atoms with Crippen LogP contribution in [0, 0.1) is 6.92 Å². The van der Waals surface area contributed by atoms with Crippen molar-refractivity contribution in [1.29, 1.82) is 0 Å². The number of Topliss-reactive ketones (excluding diaryl/α,β-unsaturated/α-hetero) is 1. The number of nitrogens with zero attached hydrogens (tertiary/aromatic N) is 2. The first kappa shape index (κ1) is 8.94. The van der Waals surface area contributed by atoms with Crippen molar-refractivity contribution in [3.05, 3.63) is 32.6 Å². The molecule has 20 heavy (non-hydrogen) atoms. The summed E-state index contributed by atoms with van der Waals surface area (Å²) in [5.41, 5.74) is 0.00976. The van der Waals surface area contributed by atoms with E-state index in [2.05, 4.69) is 4.98 Å². The lowest BCUT2D eigenvalue weighted by molar-refractivity contribution is -0.117. The molecule has 0 aliphatic rings. The zero-order valence-corrected chi connectivity index (χ0v) is 11.3. The molecule has 0 unspecified atom stereocenters. The number of hydrogen-bond donors (Lipinski definition) is 1. The molecule has 0 amide bonds. The van der Waals surface area contributed by atoms with Crippen LogP contribution in [0.25, 0.3) is 11.0 Å². The van der Waals surface area contributed by atoms with Crippen molar-refractivity contribution in [2.24, 2.45) is 7.05 Å². The summed E-state index contributed by atoms with van der Waals surface area (Å²) in [6.45, 7) is -1.42. The minimum absolute atomic E-state index is 0.0288. The third-order valence-electron chi connectivity index (χ3n) is 3.21. The summed E-state index contributed by atoms with van der Waals surface area (Å²) in [5, 5.41) is 0.365. The molecule has 6 heteroatoms. The van der Waals surface area contributed by atoms with Crippen LogP contribution in [-0.4, -0.2) is 19.9 Å². The largest absolute Gasteiger partial charge is 0.347 e. The Morgan fingerprint density at radius 3 is 2.90 bits per heavy atom. The topological polar surface area (TPSA) is 76.9 Å². The molecule has 108 valence electrons. The van der Waals surface area contributed by atoms with Crippen LogP contribution in [0.5, 0.6) is 0 Å². The number of H-pyrrole nitrogens is 1. The molecule has 0 saturated carbocycles. The number of carbonyl (C=O) groups is 1. The fraction of sp³-hybridized carbons (Fsp3) is 0.500. The van der Waals surface area contributed by atoms with Crippen LogP contribution in [0.1, 0.15) is 38.5 Å². The van der Waals surface area contributed by atoms with Gasteiger partial charge in [-0.05, 0) is 32.2 Å². The average Bonchev–Trinajstić information content (AvgIpc) is 2.88. The maximum Gasteiger partial charge on any atom is 0.332 e. The van der Waals surface area contributed by atoms with Crippen LogP contribution in [-0.2, 0) is 18.4 Å². The Morgan fingerprint density at radius 2 is 2.20 bits per heavy atom. The predicted molar refractivity (Wildman–Crippen MR) is 77.1 cm³/mol. The second-order valence-corrected chi connectivity index (χ2v) is 4.60. The van der Waals surface area contributed by atoms with Gasteiger partial charge in [0.25, 0.3) is 5.56 Å². The Labute approximate surface area is 123 Å². The van der Waals surface area contributed by atoms with Crippen LogP contribution in [0.2, 0.25) is 0 Å². The summed E-state index contributed by atoms with van der Waals surface area (Å²) in [6.07, 6.45) is -1.36. The second kappa shape index (κ2) is 5.48. The van der Waals surface area contributed by atoms with E-state index in [1.54, 1.807) is 13.1 Å².